The standard InChI is InChI=1S/C17H24N4O4.ClH/c1-11(18)14-6-4-8-20(10-14)17(23)12(2)19-16(22)13-5-3-7-15(9-13)21(24)25;/h3,5,7,9,11-12,14H,4,6,8,10,18H2,1-2H3,(H,19,22);1H. The van der Waals surface area contributed by atoms with Crippen LogP contribution in [0, 0.1) is 16.0 Å². The van der Waals surface area contributed by atoms with Gasteiger partial charge in [-0.2, -0.15) is 0 Å². The van der Waals surface area contributed by atoms with Gasteiger partial charge in [0.1, 0.15) is 6.04 Å². The summed E-state index contributed by atoms with van der Waals surface area (Å²) in [4.78, 5) is 36.8. The summed E-state index contributed by atoms with van der Waals surface area (Å²) in [6.07, 6.45) is 1.89. The number of nitrogens with one attached hydrogen (secondary N) is 1. The second-order valence-electron chi connectivity index (χ2n) is 6.55. The van der Waals surface area contributed by atoms with E-state index in [1.165, 1.54) is 24.3 Å². The normalized spacial score (nSPS) is 19.0. The molecule has 0 aliphatic carbocycles. The van der Waals surface area contributed by atoms with E-state index in [2.05, 4.69) is 5.32 Å². The maximum Gasteiger partial charge on any atom is 0.270 e. The molecule has 1 aliphatic rings. The molecule has 9 heteroatoms. The van der Waals surface area contributed by atoms with Gasteiger partial charge in [-0.25, -0.2) is 0 Å². The fourth-order valence-corrected chi connectivity index (χ4v) is 3.02. The Bertz CT molecular complexity index is 668. The van der Waals surface area contributed by atoms with Crippen molar-refractivity contribution in [1.82, 2.24) is 10.2 Å². The number of nitrogens with zero attached hydrogens (tertiary/aromatic N) is 2. The fourth-order valence-electron chi connectivity index (χ4n) is 3.02. The van der Waals surface area contributed by atoms with Gasteiger partial charge in [-0.1, -0.05) is 6.07 Å². The molecular formula is C17H25ClN4O4. The zero-order valence-corrected chi connectivity index (χ0v) is 15.7. The van der Waals surface area contributed by atoms with Crippen LogP contribution in [0.1, 0.15) is 37.0 Å². The molecule has 1 aliphatic heterocycles. The largest absolute Gasteiger partial charge is 0.341 e. The lowest BCUT2D eigenvalue weighted by Gasteiger charge is -2.36. The molecule has 144 valence electrons. The molecule has 0 spiro atoms. The maximum absolute atomic E-state index is 12.6. The SMILES string of the molecule is CC(NC(=O)c1cccc([N+](=O)[O-])c1)C(=O)N1CCCC(C(C)N)C1.Cl. The van der Waals surface area contributed by atoms with Gasteiger partial charge in [-0.15, -0.1) is 12.4 Å². The summed E-state index contributed by atoms with van der Waals surface area (Å²) in [6, 6.07) is 4.74. The van der Waals surface area contributed by atoms with Crippen LogP contribution in [-0.2, 0) is 4.79 Å². The Morgan fingerprint density at radius 2 is 2.08 bits per heavy atom. The van der Waals surface area contributed by atoms with E-state index in [1.807, 2.05) is 6.92 Å². The molecular weight excluding hydrogens is 360 g/mol. The van der Waals surface area contributed by atoms with Crippen LogP contribution in [-0.4, -0.2) is 46.8 Å². The van der Waals surface area contributed by atoms with Gasteiger partial charge in [0, 0.05) is 36.8 Å². The van der Waals surface area contributed by atoms with E-state index in [0.717, 1.165) is 12.8 Å². The average molecular weight is 385 g/mol. The van der Waals surface area contributed by atoms with Crippen molar-refractivity contribution < 1.29 is 14.5 Å². The van der Waals surface area contributed by atoms with Crippen LogP contribution in [0.25, 0.3) is 0 Å². The van der Waals surface area contributed by atoms with Gasteiger partial charge in [0.05, 0.1) is 4.92 Å². The number of amides is 2. The lowest BCUT2D eigenvalue weighted by Crippen LogP contribution is -2.51. The smallest absolute Gasteiger partial charge is 0.270 e. The minimum atomic E-state index is -0.710. The molecule has 3 N–H and O–H groups in total. The monoisotopic (exact) mass is 384 g/mol. The van der Waals surface area contributed by atoms with Crippen molar-refractivity contribution in [3.05, 3.63) is 39.9 Å². The molecule has 3 atom stereocenters. The number of hydrogen-bond donors (Lipinski definition) is 2. The number of rotatable bonds is 5. The zero-order valence-electron chi connectivity index (χ0n) is 14.9. The van der Waals surface area contributed by atoms with Crippen molar-refractivity contribution in [3.8, 4) is 0 Å². The highest BCUT2D eigenvalue weighted by Crippen LogP contribution is 2.19. The molecule has 1 fully saturated rings. The molecule has 2 rings (SSSR count). The third-order valence-corrected chi connectivity index (χ3v) is 4.55. The Labute approximate surface area is 158 Å². The number of piperidine rings is 1. The van der Waals surface area contributed by atoms with Crippen molar-refractivity contribution in [2.75, 3.05) is 13.1 Å². The van der Waals surface area contributed by atoms with Crippen molar-refractivity contribution in [2.45, 2.75) is 38.8 Å². The van der Waals surface area contributed by atoms with Crippen LogP contribution in [0.5, 0.6) is 0 Å². The van der Waals surface area contributed by atoms with Crippen molar-refractivity contribution in [1.29, 1.82) is 0 Å². The Morgan fingerprint density at radius 1 is 1.38 bits per heavy atom. The highest BCUT2D eigenvalue weighted by atomic mass is 35.5. The van der Waals surface area contributed by atoms with E-state index in [9.17, 15) is 19.7 Å². The molecule has 0 radical (unpaired) electrons. The molecule has 1 saturated heterocycles. The van der Waals surface area contributed by atoms with E-state index in [0.29, 0.717) is 13.1 Å². The first-order chi connectivity index (χ1) is 11.8. The summed E-state index contributed by atoms with van der Waals surface area (Å²) >= 11 is 0. The van der Waals surface area contributed by atoms with E-state index in [1.54, 1.807) is 11.8 Å². The summed E-state index contributed by atoms with van der Waals surface area (Å²) in [6.45, 7) is 4.80. The number of nitro groups is 1. The number of carbonyl (C=O) groups is 2. The molecule has 0 aromatic heterocycles. The van der Waals surface area contributed by atoms with Crippen LogP contribution < -0.4 is 11.1 Å². The van der Waals surface area contributed by atoms with Crippen molar-refractivity contribution >= 4 is 29.9 Å². The summed E-state index contributed by atoms with van der Waals surface area (Å²) in [5.74, 6) is -0.410. The molecule has 3 unspecified atom stereocenters. The summed E-state index contributed by atoms with van der Waals surface area (Å²) in [7, 11) is 0. The van der Waals surface area contributed by atoms with E-state index in [4.69, 9.17) is 5.73 Å². The first-order valence-corrected chi connectivity index (χ1v) is 8.39. The number of halogens is 1. The van der Waals surface area contributed by atoms with Gasteiger partial charge >= 0.3 is 0 Å². The van der Waals surface area contributed by atoms with Gasteiger partial charge in [-0.3, -0.25) is 19.7 Å². The number of carbonyl (C=O) groups excluding carboxylic acids is 2. The number of likely N-dealkylation sites (tertiary alicyclic amines) is 1. The highest BCUT2D eigenvalue weighted by molar-refractivity contribution is 5.97. The van der Waals surface area contributed by atoms with Crippen LogP contribution >= 0.6 is 12.4 Å². The summed E-state index contributed by atoms with van der Waals surface area (Å²) in [5, 5.41) is 13.4. The van der Waals surface area contributed by atoms with Gasteiger partial charge in [0.25, 0.3) is 11.6 Å². The van der Waals surface area contributed by atoms with Crippen LogP contribution in [0.2, 0.25) is 0 Å². The predicted octanol–water partition coefficient (Wildman–Crippen LogP) is 1.72. The summed E-state index contributed by atoms with van der Waals surface area (Å²) < 4.78 is 0. The molecule has 1 heterocycles. The van der Waals surface area contributed by atoms with Crippen molar-refractivity contribution in [3.63, 3.8) is 0 Å². The Kier molecular flexibility index (Phi) is 7.98. The average Bonchev–Trinajstić information content (AvgIpc) is 2.61. The zero-order chi connectivity index (χ0) is 18.6. The van der Waals surface area contributed by atoms with E-state index in [-0.39, 0.29) is 41.5 Å². The van der Waals surface area contributed by atoms with Crippen LogP contribution in [0.4, 0.5) is 5.69 Å². The summed E-state index contributed by atoms with van der Waals surface area (Å²) in [5.41, 5.74) is 5.93. The second-order valence-corrected chi connectivity index (χ2v) is 6.55. The third kappa shape index (κ3) is 5.40. The molecule has 0 saturated carbocycles. The molecule has 1 aromatic rings. The minimum absolute atomic E-state index is 0. The van der Waals surface area contributed by atoms with Gasteiger partial charge in [0.2, 0.25) is 5.91 Å². The minimum Gasteiger partial charge on any atom is -0.341 e. The first kappa shape index (κ1) is 21.9. The molecule has 8 nitrogen and oxygen atoms in total. The van der Waals surface area contributed by atoms with E-state index >= 15 is 0 Å². The number of benzene rings is 1. The molecule has 1 aromatic carbocycles. The topological polar surface area (TPSA) is 119 Å². The fraction of sp³-hybridized carbons (Fsp3) is 0.529. The molecule has 2 amide bonds. The lowest BCUT2D eigenvalue weighted by molar-refractivity contribution is -0.384. The van der Waals surface area contributed by atoms with Gasteiger partial charge < -0.3 is 16.0 Å². The maximum atomic E-state index is 12.6. The Morgan fingerprint density at radius 3 is 2.69 bits per heavy atom. The molecule has 26 heavy (non-hydrogen) atoms. The number of nitrogens with two attached hydrogens (primary N) is 1. The second kappa shape index (κ2) is 9.49. The number of non-ortho nitro benzene ring substituents is 1. The quantitative estimate of drug-likeness (QED) is 0.591. The third-order valence-electron chi connectivity index (χ3n) is 4.55. The van der Waals surface area contributed by atoms with E-state index < -0.39 is 16.9 Å². The Hall–Kier alpha value is -2.19. The van der Waals surface area contributed by atoms with Gasteiger partial charge in [-0.05, 0) is 38.7 Å². The first-order valence-electron chi connectivity index (χ1n) is 8.39. The molecule has 0 bridgehead atoms. The number of nitro benzene ring substituents is 1. The van der Waals surface area contributed by atoms with Crippen LogP contribution in [0.3, 0.4) is 0 Å². The Balaban J connectivity index is 0.00000338. The van der Waals surface area contributed by atoms with Crippen molar-refractivity contribution in [2.24, 2.45) is 11.7 Å². The lowest BCUT2D eigenvalue weighted by atomic mass is 9.92. The number of hydrogen-bond acceptors (Lipinski definition) is 5. The van der Waals surface area contributed by atoms with Gasteiger partial charge in [0.15, 0.2) is 0 Å². The van der Waals surface area contributed by atoms with Crippen LogP contribution in [0.15, 0.2) is 24.3 Å². The predicted molar refractivity (Wildman–Crippen MR) is 100 cm³/mol. The highest BCUT2D eigenvalue weighted by Gasteiger charge is 2.29.